The zero-order valence-corrected chi connectivity index (χ0v) is 14.9. The first-order chi connectivity index (χ1) is 12.5. The largest absolute Gasteiger partial charge is 0.450 e. The summed E-state index contributed by atoms with van der Waals surface area (Å²) in [5.41, 5.74) is 0.957. The van der Waals surface area contributed by atoms with E-state index in [-0.39, 0.29) is 29.9 Å². The van der Waals surface area contributed by atoms with Crippen LogP contribution in [0.1, 0.15) is 27.7 Å². The SMILES string of the molecule is O=C1c2oc3ccccc3c(=O)c2C(c2ccc(Cl)c(Cl)c2)N1CCO. The van der Waals surface area contributed by atoms with Crippen LogP contribution in [0.15, 0.2) is 51.7 Å². The van der Waals surface area contributed by atoms with Crippen molar-refractivity contribution in [1.29, 1.82) is 0 Å². The van der Waals surface area contributed by atoms with Gasteiger partial charge in [0.15, 0.2) is 5.43 Å². The molecule has 1 aliphatic heterocycles. The van der Waals surface area contributed by atoms with E-state index in [9.17, 15) is 14.7 Å². The Kier molecular flexibility index (Phi) is 4.23. The highest BCUT2D eigenvalue weighted by molar-refractivity contribution is 6.42. The standard InChI is InChI=1S/C19H13Cl2NO4/c20-12-6-5-10(9-13(12)21)16-15-17(24)11-3-1-2-4-14(11)26-18(15)19(25)22(16)7-8-23/h1-6,9,16,23H,7-8H2. The van der Waals surface area contributed by atoms with Crippen molar-refractivity contribution < 1.29 is 14.3 Å². The maximum atomic E-state index is 13.1. The monoisotopic (exact) mass is 389 g/mol. The summed E-state index contributed by atoms with van der Waals surface area (Å²) in [6.45, 7) is -0.186. The Hall–Kier alpha value is -2.34. The number of hydrogen-bond donors (Lipinski definition) is 1. The highest BCUT2D eigenvalue weighted by atomic mass is 35.5. The third kappa shape index (κ3) is 2.51. The van der Waals surface area contributed by atoms with Crippen LogP contribution in [0.25, 0.3) is 11.0 Å². The van der Waals surface area contributed by atoms with Gasteiger partial charge in [-0.1, -0.05) is 41.4 Å². The molecule has 1 atom stereocenters. The topological polar surface area (TPSA) is 70.8 Å². The number of fused-ring (bicyclic) bond motifs is 2. The van der Waals surface area contributed by atoms with Crippen LogP contribution in [0, 0.1) is 0 Å². The number of benzene rings is 2. The van der Waals surface area contributed by atoms with Crippen LogP contribution in [-0.2, 0) is 0 Å². The highest BCUT2D eigenvalue weighted by Gasteiger charge is 2.42. The Labute approximate surface area is 158 Å². The number of β-amino-alcohol motifs (C(OH)–C–C–N with tert-alkyl or cyclic N) is 1. The fraction of sp³-hybridized carbons (Fsp3) is 0.158. The minimum absolute atomic E-state index is 0.00165. The summed E-state index contributed by atoms with van der Waals surface area (Å²) in [4.78, 5) is 27.3. The molecule has 7 heteroatoms. The van der Waals surface area contributed by atoms with Crippen molar-refractivity contribution >= 4 is 40.1 Å². The van der Waals surface area contributed by atoms with Gasteiger partial charge in [0.1, 0.15) is 5.58 Å². The number of hydrogen-bond acceptors (Lipinski definition) is 4. The van der Waals surface area contributed by atoms with Gasteiger partial charge in [-0.3, -0.25) is 9.59 Å². The molecule has 2 aromatic carbocycles. The number of carbonyl (C=O) groups is 1. The molecule has 3 aromatic rings. The van der Waals surface area contributed by atoms with E-state index >= 15 is 0 Å². The van der Waals surface area contributed by atoms with Gasteiger partial charge >= 0.3 is 0 Å². The number of para-hydroxylation sites is 1. The second kappa shape index (κ2) is 6.43. The van der Waals surface area contributed by atoms with Gasteiger partial charge in [-0.2, -0.15) is 0 Å². The summed E-state index contributed by atoms with van der Waals surface area (Å²) in [5, 5.41) is 10.5. The Morgan fingerprint density at radius 3 is 2.58 bits per heavy atom. The maximum absolute atomic E-state index is 13.1. The van der Waals surface area contributed by atoms with Gasteiger partial charge in [0.05, 0.1) is 33.6 Å². The first-order valence-corrected chi connectivity index (χ1v) is 8.71. The molecule has 5 nitrogen and oxygen atoms in total. The molecular formula is C19H13Cl2NO4. The van der Waals surface area contributed by atoms with Crippen LogP contribution >= 0.6 is 23.2 Å². The predicted molar refractivity (Wildman–Crippen MR) is 98.9 cm³/mol. The number of nitrogens with zero attached hydrogens (tertiary/aromatic N) is 1. The minimum atomic E-state index is -0.694. The third-order valence-corrected chi connectivity index (χ3v) is 5.21. The molecule has 0 fully saturated rings. The van der Waals surface area contributed by atoms with E-state index in [1.54, 1.807) is 42.5 Å². The zero-order valence-electron chi connectivity index (χ0n) is 13.4. The first kappa shape index (κ1) is 17.1. The van der Waals surface area contributed by atoms with Crippen molar-refractivity contribution in [2.75, 3.05) is 13.2 Å². The molecule has 0 saturated carbocycles. The van der Waals surface area contributed by atoms with E-state index < -0.39 is 11.9 Å². The summed E-state index contributed by atoms with van der Waals surface area (Å²) in [6.07, 6.45) is 0. The van der Waals surface area contributed by atoms with E-state index in [1.165, 1.54) is 4.90 Å². The maximum Gasteiger partial charge on any atom is 0.290 e. The van der Waals surface area contributed by atoms with Crippen molar-refractivity contribution in [2.45, 2.75) is 6.04 Å². The number of aliphatic hydroxyl groups is 1. The van der Waals surface area contributed by atoms with Gasteiger partial charge in [0.2, 0.25) is 5.76 Å². The zero-order chi connectivity index (χ0) is 18.4. The van der Waals surface area contributed by atoms with Gasteiger partial charge in [-0.05, 0) is 29.8 Å². The average Bonchev–Trinajstić information content (AvgIpc) is 2.91. The molecule has 0 spiro atoms. The van der Waals surface area contributed by atoms with Crippen LogP contribution in [0.4, 0.5) is 0 Å². The average molecular weight is 390 g/mol. The van der Waals surface area contributed by atoms with E-state index in [0.717, 1.165) is 0 Å². The molecule has 1 unspecified atom stereocenters. The number of rotatable bonds is 3. The van der Waals surface area contributed by atoms with Crippen molar-refractivity contribution in [2.24, 2.45) is 0 Å². The minimum Gasteiger partial charge on any atom is -0.450 e. The molecule has 0 aliphatic carbocycles. The third-order valence-electron chi connectivity index (χ3n) is 4.47. The molecule has 0 bridgehead atoms. The van der Waals surface area contributed by atoms with E-state index in [1.807, 2.05) is 0 Å². The summed E-state index contributed by atoms with van der Waals surface area (Å²) < 4.78 is 5.75. The van der Waals surface area contributed by atoms with Crippen LogP contribution in [0.2, 0.25) is 10.0 Å². The van der Waals surface area contributed by atoms with Gasteiger partial charge < -0.3 is 14.4 Å². The lowest BCUT2D eigenvalue weighted by molar-refractivity contribution is 0.0691. The van der Waals surface area contributed by atoms with E-state index in [0.29, 0.717) is 26.6 Å². The van der Waals surface area contributed by atoms with Crippen LogP contribution in [0.3, 0.4) is 0 Å². The molecule has 0 radical (unpaired) electrons. The summed E-state index contributed by atoms with van der Waals surface area (Å²) >= 11 is 12.1. The van der Waals surface area contributed by atoms with Crippen molar-refractivity contribution in [1.82, 2.24) is 4.90 Å². The number of amides is 1. The van der Waals surface area contributed by atoms with E-state index in [4.69, 9.17) is 27.6 Å². The summed E-state index contributed by atoms with van der Waals surface area (Å²) in [5.74, 6) is -0.439. The lowest BCUT2D eigenvalue weighted by Gasteiger charge is -2.24. The Balaban J connectivity index is 2.01. The Bertz CT molecular complexity index is 1090. The normalized spacial score (nSPS) is 16.3. The molecule has 4 rings (SSSR count). The number of carbonyl (C=O) groups excluding carboxylic acids is 1. The highest BCUT2D eigenvalue weighted by Crippen LogP contribution is 2.39. The molecule has 0 saturated heterocycles. The Morgan fingerprint density at radius 2 is 1.85 bits per heavy atom. The fourth-order valence-corrected chi connectivity index (χ4v) is 3.64. The smallest absolute Gasteiger partial charge is 0.290 e. The molecule has 132 valence electrons. The van der Waals surface area contributed by atoms with Crippen LogP contribution < -0.4 is 5.43 Å². The lowest BCUT2D eigenvalue weighted by atomic mass is 9.98. The Morgan fingerprint density at radius 1 is 1.08 bits per heavy atom. The molecule has 1 aliphatic rings. The van der Waals surface area contributed by atoms with E-state index in [2.05, 4.69) is 0 Å². The number of halogens is 2. The quantitative estimate of drug-likeness (QED) is 0.742. The van der Waals surface area contributed by atoms with Gasteiger partial charge in [-0.15, -0.1) is 0 Å². The first-order valence-electron chi connectivity index (χ1n) is 7.95. The lowest BCUT2D eigenvalue weighted by Crippen LogP contribution is -2.32. The van der Waals surface area contributed by atoms with Crippen LogP contribution in [0.5, 0.6) is 0 Å². The molecule has 26 heavy (non-hydrogen) atoms. The molecular weight excluding hydrogens is 377 g/mol. The van der Waals surface area contributed by atoms with Crippen molar-refractivity contribution in [3.8, 4) is 0 Å². The molecule has 1 amide bonds. The molecule has 1 aromatic heterocycles. The molecule has 2 heterocycles. The van der Waals surface area contributed by atoms with Crippen molar-refractivity contribution in [3.05, 3.63) is 79.6 Å². The second-order valence-corrected chi connectivity index (χ2v) is 6.78. The van der Waals surface area contributed by atoms with Gasteiger partial charge in [0, 0.05) is 6.54 Å². The van der Waals surface area contributed by atoms with Crippen molar-refractivity contribution in [3.63, 3.8) is 0 Å². The number of aliphatic hydroxyl groups excluding tert-OH is 1. The predicted octanol–water partition coefficient (Wildman–Crippen LogP) is 3.64. The van der Waals surface area contributed by atoms with Gasteiger partial charge in [0.25, 0.3) is 5.91 Å². The summed E-state index contributed by atoms with van der Waals surface area (Å²) in [7, 11) is 0. The fourth-order valence-electron chi connectivity index (χ4n) is 3.33. The second-order valence-electron chi connectivity index (χ2n) is 5.97. The molecule has 1 N–H and O–H groups in total. The summed E-state index contributed by atoms with van der Waals surface area (Å²) in [6, 6.07) is 11.0. The van der Waals surface area contributed by atoms with Gasteiger partial charge in [-0.25, -0.2) is 0 Å². The van der Waals surface area contributed by atoms with Crippen LogP contribution in [-0.4, -0.2) is 29.1 Å².